The Balaban J connectivity index is 2.03. The summed E-state index contributed by atoms with van der Waals surface area (Å²) in [6, 6.07) is 3.97. The van der Waals surface area contributed by atoms with Gasteiger partial charge in [-0.1, -0.05) is 22.9 Å². The zero-order chi connectivity index (χ0) is 14.0. The predicted octanol–water partition coefficient (Wildman–Crippen LogP) is 3.58. The SMILES string of the molecule is CCCOC1C(=O)CC1Oc1cc(C)c(Br)c(C)c1. The molecule has 1 aromatic rings. The van der Waals surface area contributed by atoms with Gasteiger partial charge in [0.25, 0.3) is 0 Å². The Kier molecular flexibility index (Phi) is 4.63. The van der Waals surface area contributed by atoms with E-state index in [1.54, 1.807) is 0 Å². The lowest BCUT2D eigenvalue weighted by atomic mass is 9.90. The van der Waals surface area contributed by atoms with Crippen LogP contribution < -0.4 is 4.74 Å². The number of aryl methyl sites for hydroxylation is 2. The van der Waals surface area contributed by atoms with Crippen molar-refractivity contribution in [3.8, 4) is 5.75 Å². The number of rotatable bonds is 5. The molecule has 0 saturated heterocycles. The van der Waals surface area contributed by atoms with Gasteiger partial charge >= 0.3 is 0 Å². The van der Waals surface area contributed by atoms with E-state index in [1.165, 1.54) is 0 Å². The summed E-state index contributed by atoms with van der Waals surface area (Å²) in [5.74, 6) is 0.949. The number of carbonyl (C=O) groups is 1. The third-order valence-electron chi connectivity index (χ3n) is 3.26. The lowest BCUT2D eigenvalue weighted by Crippen LogP contribution is -2.52. The van der Waals surface area contributed by atoms with Crippen molar-refractivity contribution in [2.75, 3.05) is 6.61 Å². The van der Waals surface area contributed by atoms with Gasteiger partial charge in [0.2, 0.25) is 0 Å². The van der Waals surface area contributed by atoms with Crippen LogP contribution in [-0.2, 0) is 9.53 Å². The molecule has 1 saturated carbocycles. The standard InChI is InChI=1S/C15H19BrO3/c1-4-5-18-15-12(17)8-13(15)19-11-6-9(2)14(16)10(3)7-11/h6-7,13,15H,4-5,8H2,1-3H3. The molecule has 0 bridgehead atoms. The summed E-state index contributed by atoms with van der Waals surface area (Å²) in [6.45, 7) is 6.69. The normalized spacial score (nSPS) is 22.2. The Morgan fingerprint density at radius 2 is 1.95 bits per heavy atom. The highest BCUT2D eigenvalue weighted by Gasteiger charge is 2.42. The Hall–Kier alpha value is -0.870. The van der Waals surface area contributed by atoms with E-state index in [4.69, 9.17) is 9.47 Å². The summed E-state index contributed by atoms with van der Waals surface area (Å²) in [6.07, 6.45) is 0.832. The molecule has 1 fully saturated rings. The van der Waals surface area contributed by atoms with Crippen molar-refractivity contribution < 1.29 is 14.3 Å². The van der Waals surface area contributed by atoms with E-state index in [9.17, 15) is 4.79 Å². The van der Waals surface area contributed by atoms with Crippen LogP contribution in [0.3, 0.4) is 0 Å². The van der Waals surface area contributed by atoms with E-state index in [2.05, 4.69) is 15.9 Å². The summed E-state index contributed by atoms with van der Waals surface area (Å²) in [7, 11) is 0. The first kappa shape index (κ1) is 14.5. The molecule has 0 aliphatic heterocycles. The van der Waals surface area contributed by atoms with Crippen molar-refractivity contribution in [1.29, 1.82) is 0 Å². The minimum Gasteiger partial charge on any atom is -0.487 e. The Bertz CT molecular complexity index is 461. The highest BCUT2D eigenvalue weighted by atomic mass is 79.9. The first-order valence-corrected chi connectivity index (χ1v) is 7.40. The highest BCUT2D eigenvalue weighted by molar-refractivity contribution is 9.10. The van der Waals surface area contributed by atoms with Gasteiger partial charge in [0.15, 0.2) is 11.9 Å². The number of halogens is 1. The van der Waals surface area contributed by atoms with Crippen molar-refractivity contribution in [3.63, 3.8) is 0 Å². The quantitative estimate of drug-likeness (QED) is 0.829. The van der Waals surface area contributed by atoms with Gasteiger partial charge in [0.05, 0.1) is 0 Å². The highest BCUT2D eigenvalue weighted by Crippen LogP contribution is 2.30. The van der Waals surface area contributed by atoms with Gasteiger partial charge in [-0.25, -0.2) is 0 Å². The minimum atomic E-state index is -0.385. The van der Waals surface area contributed by atoms with E-state index in [1.807, 2.05) is 32.9 Å². The second kappa shape index (κ2) is 6.06. The van der Waals surface area contributed by atoms with Crippen LogP contribution in [0, 0.1) is 13.8 Å². The first-order valence-electron chi connectivity index (χ1n) is 6.60. The molecule has 2 atom stereocenters. The van der Waals surface area contributed by atoms with Crippen molar-refractivity contribution in [3.05, 3.63) is 27.7 Å². The molecule has 3 nitrogen and oxygen atoms in total. The fraction of sp³-hybridized carbons (Fsp3) is 0.533. The maximum absolute atomic E-state index is 11.5. The zero-order valence-corrected chi connectivity index (χ0v) is 13.1. The van der Waals surface area contributed by atoms with E-state index in [-0.39, 0.29) is 18.0 Å². The molecule has 2 unspecified atom stereocenters. The Morgan fingerprint density at radius 3 is 2.47 bits per heavy atom. The zero-order valence-electron chi connectivity index (χ0n) is 11.5. The van der Waals surface area contributed by atoms with Crippen molar-refractivity contribution in [2.24, 2.45) is 0 Å². The maximum atomic E-state index is 11.5. The molecule has 1 aromatic carbocycles. The van der Waals surface area contributed by atoms with Crippen LogP contribution >= 0.6 is 15.9 Å². The van der Waals surface area contributed by atoms with E-state index in [0.29, 0.717) is 13.0 Å². The van der Waals surface area contributed by atoms with Crippen LogP contribution in [0.5, 0.6) is 5.75 Å². The molecule has 0 spiro atoms. The lowest BCUT2D eigenvalue weighted by molar-refractivity contribution is -0.154. The summed E-state index contributed by atoms with van der Waals surface area (Å²) >= 11 is 3.53. The van der Waals surface area contributed by atoms with Gasteiger partial charge in [0, 0.05) is 17.5 Å². The van der Waals surface area contributed by atoms with Gasteiger partial charge in [-0.3, -0.25) is 4.79 Å². The van der Waals surface area contributed by atoms with Gasteiger partial charge < -0.3 is 9.47 Å². The number of carbonyl (C=O) groups excluding carboxylic acids is 1. The van der Waals surface area contributed by atoms with Crippen LogP contribution in [0.2, 0.25) is 0 Å². The van der Waals surface area contributed by atoms with Crippen molar-refractivity contribution in [1.82, 2.24) is 0 Å². The minimum absolute atomic E-state index is 0.140. The largest absolute Gasteiger partial charge is 0.487 e. The second-order valence-electron chi connectivity index (χ2n) is 4.99. The van der Waals surface area contributed by atoms with Gasteiger partial charge in [0.1, 0.15) is 11.9 Å². The molecule has 0 heterocycles. The fourth-order valence-electron chi connectivity index (χ4n) is 2.17. The van der Waals surface area contributed by atoms with Gasteiger partial charge in [-0.05, 0) is 43.5 Å². The first-order chi connectivity index (χ1) is 9.02. The van der Waals surface area contributed by atoms with Crippen molar-refractivity contribution in [2.45, 2.75) is 45.8 Å². The fourth-order valence-corrected chi connectivity index (χ4v) is 2.39. The molecule has 1 aliphatic rings. The maximum Gasteiger partial charge on any atom is 0.169 e. The van der Waals surface area contributed by atoms with Crippen LogP contribution in [0.1, 0.15) is 30.9 Å². The molecule has 4 heteroatoms. The topological polar surface area (TPSA) is 35.5 Å². The molecule has 104 valence electrons. The second-order valence-corrected chi connectivity index (χ2v) is 5.78. The summed E-state index contributed by atoms with van der Waals surface area (Å²) in [5.41, 5.74) is 2.26. The monoisotopic (exact) mass is 326 g/mol. The van der Waals surface area contributed by atoms with Crippen LogP contribution in [0.4, 0.5) is 0 Å². The summed E-state index contributed by atoms with van der Waals surface area (Å²) in [4.78, 5) is 11.5. The van der Waals surface area contributed by atoms with Crippen LogP contribution in [0.15, 0.2) is 16.6 Å². The van der Waals surface area contributed by atoms with Gasteiger partial charge in [-0.2, -0.15) is 0 Å². The van der Waals surface area contributed by atoms with Crippen molar-refractivity contribution >= 4 is 21.7 Å². The molecule has 0 aromatic heterocycles. The molecule has 2 rings (SSSR count). The Morgan fingerprint density at radius 1 is 1.32 bits per heavy atom. The molecular formula is C15H19BrO3. The molecule has 0 amide bonds. The lowest BCUT2D eigenvalue weighted by Gasteiger charge is -2.34. The average molecular weight is 327 g/mol. The molecule has 1 aliphatic carbocycles. The van der Waals surface area contributed by atoms with E-state index >= 15 is 0 Å². The molecular weight excluding hydrogens is 308 g/mol. The van der Waals surface area contributed by atoms with Crippen LogP contribution in [-0.4, -0.2) is 24.6 Å². The number of hydrogen-bond donors (Lipinski definition) is 0. The van der Waals surface area contributed by atoms with Gasteiger partial charge in [-0.15, -0.1) is 0 Å². The van der Waals surface area contributed by atoms with E-state index < -0.39 is 0 Å². The predicted molar refractivity (Wildman–Crippen MR) is 77.7 cm³/mol. The molecule has 19 heavy (non-hydrogen) atoms. The number of ketones is 1. The van der Waals surface area contributed by atoms with Crippen LogP contribution in [0.25, 0.3) is 0 Å². The molecule has 0 N–H and O–H groups in total. The van der Waals surface area contributed by atoms with E-state index in [0.717, 1.165) is 27.8 Å². The average Bonchev–Trinajstić information content (AvgIpc) is 2.35. The number of hydrogen-bond acceptors (Lipinski definition) is 3. The summed E-state index contributed by atoms with van der Waals surface area (Å²) in [5, 5.41) is 0. The number of Topliss-reactive ketones (excluding diaryl/α,β-unsaturated/α-hetero) is 1. The number of ether oxygens (including phenoxy) is 2. The third kappa shape index (κ3) is 3.18. The molecule has 0 radical (unpaired) electrons. The third-order valence-corrected chi connectivity index (χ3v) is 4.51. The smallest absolute Gasteiger partial charge is 0.169 e. The number of benzene rings is 1. The Labute approximate surface area is 122 Å². The summed E-state index contributed by atoms with van der Waals surface area (Å²) < 4.78 is 12.5.